The number of alkyl halides is 1. The molecule has 1 aliphatic rings. The number of carboxylic acid groups (broad SMARTS) is 1. The normalized spacial score (nSPS) is 12.8. The number of imide groups is 1. The second kappa shape index (κ2) is 11.4. The van der Waals surface area contributed by atoms with Gasteiger partial charge in [-0.15, -0.1) is 0 Å². The van der Waals surface area contributed by atoms with Crippen LogP contribution >= 0.6 is 22.6 Å². The molecule has 1 heterocycles. The first-order valence-corrected chi connectivity index (χ1v) is 7.49. The van der Waals surface area contributed by atoms with Gasteiger partial charge < -0.3 is 15.2 Å². The lowest BCUT2D eigenvalue weighted by atomic mass is 10.1. The molecule has 20 heavy (non-hydrogen) atoms. The van der Waals surface area contributed by atoms with Gasteiger partial charge in [0.15, 0.2) is 0 Å². The van der Waals surface area contributed by atoms with Crippen LogP contribution < -0.4 is 10.6 Å². The van der Waals surface area contributed by atoms with Gasteiger partial charge in [0, 0.05) is 17.3 Å². The number of rotatable bonds is 7. The van der Waals surface area contributed by atoms with E-state index < -0.39 is 12.2 Å². The zero-order chi connectivity index (χ0) is 15.4. The molecular weight excluding hydrogens is 383 g/mol. The number of carbonyl (C=O) groups excluding carboxylic acids is 3. The maximum Gasteiger partial charge on any atom is 0.505 e. The molecule has 8 nitrogen and oxygen atoms in total. The fourth-order valence-electron chi connectivity index (χ4n) is 1.19. The Kier molecular flexibility index (Phi) is 10.6. The minimum absolute atomic E-state index is 0.124. The summed E-state index contributed by atoms with van der Waals surface area (Å²) in [4.78, 5) is 41.0. The average molecular weight is 400 g/mol. The van der Waals surface area contributed by atoms with Crippen molar-refractivity contribution in [3.63, 3.8) is 0 Å². The van der Waals surface area contributed by atoms with Crippen LogP contribution in [-0.2, 0) is 14.3 Å². The number of Topliss-reactive ketones (excluding diaryl/α,β-unsaturated/α-hetero) is 1. The summed E-state index contributed by atoms with van der Waals surface area (Å²) in [6, 6.07) is -0.398. The molecule has 0 aliphatic carbocycles. The second-order valence-electron chi connectivity index (χ2n) is 3.78. The Bertz CT molecular complexity index is 347. The molecule has 0 spiro atoms. The van der Waals surface area contributed by atoms with Crippen LogP contribution in [0, 0.1) is 0 Å². The molecule has 3 N–H and O–H groups in total. The number of nitrogens with one attached hydrogen (secondary N) is 2. The maximum atomic E-state index is 11.0. The van der Waals surface area contributed by atoms with Gasteiger partial charge in [0.05, 0.1) is 13.2 Å². The summed E-state index contributed by atoms with van der Waals surface area (Å²) in [7, 11) is 0. The van der Waals surface area contributed by atoms with E-state index >= 15 is 0 Å². The van der Waals surface area contributed by atoms with Gasteiger partial charge in [0.2, 0.25) is 5.91 Å². The van der Waals surface area contributed by atoms with Gasteiger partial charge in [0.1, 0.15) is 5.78 Å². The summed E-state index contributed by atoms with van der Waals surface area (Å²) in [6.45, 7) is 0.311. The van der Waals surface area contributed by atoms with Gasteiger partial charge in [-0.3, -0.25) is 14.9 Å². The highest BCUT2D eigenvalue weighted by molar-refractivity contribution is 14.1. The average Bonchev–Trinajstić information content (AvgIpc) is 2.73. The molecule has 1 fully saturated rings. The number of amides is 3. The summed E-state index contributed by atoms with van der Waals surface area (Å²) >= 11 is 2.16. The fraction of sp³-hybridized carbons (Fsp3) is 0.636. The van der Waals surface area contributed by atoms with Crippen LogP contribution in [0.2, 0.25) is 0 Å². The van der Waals surface area contributed by atoms with E-state index in [4.69, 9.17) is 5.11 Å². The molecule has 1 saturated heterocycles. The van der Waals surface area contributed by atoms with Crippen molar-refractivity contribution in [3.8, 4) is 0 Å². The highest BCUT2D eigenvalue weighted by Crippen LogP contribution is 2.01. The van der Waals surface area contributed by atoms with Crippen LogP contribution in [0.15, 0.2) is 0 Å². The summed E-state index contributed by atoms with van der Waals surface area (Å²) in [5, 5.41) is 12.4. The molecular formula is C11H17IN2O6. The third-order valence-corrected chi connectivity index (χ3v) is 2.65. The van der Waals surface area contributed by atoms with Crippen molar-refractivity contribution in [2.75, 3.05) is 17.6 Å². The highest BCUT2D eigenvalue weighted by Gasteiger charge is 2.14. The van der Waals surface area contributed by atoms with Crippen molar-refractivity contribution in [2.45, 2.75) is 25.7 Å². The molecule has 0 aromatic heterocycles. The van der Waals surface area contributed by atoms with Gasteiger partial charge in [-0.2, -0.15) is 0 Å². The molecule has 1 rings (SSSR count). The predicted octanol–water partition coefficient (Wildman–Crippen LogP) is 1.07. The van der Waals surface area contributed by atoms with Crippen LogP contribution in [0.25, 0.3) is 0 Å². The smallest absolute Gasteiger partial charge is 0.450 e. The van der Waals surface area contributed by atoms with Crippen molar-refractivity contribution in [1.29, 1.82) is 0 Å². The number of hydrogen-bond donors (Lipinski definition) is 3. The summed E-state index contributed by atoms with van der Waals surface area (Å²) in [5.74, 6) is -0.0188. The molecule has 0 unspecified atom stereocenters. The van der Waals surface area contributed by atoms with E-state index in [9.17, 15) is 19.2 Å². The first kappa shape index (κ1) is 18.6. The number of urea groups is 1. The Morgan fingerprint density at radius 1 is 1.25 bits per heavy atom. The largest absolute Gasteiger partial charge is 0.505 e. The van der Waals surface area contributed by atoms with Crippen molar-refractivity contribution >= 4 is 46.5 Å². The van der Waals surface area contributed by atoms with Gasteiger partial charge in [-0.05, 0) is 12.8 Å². The Balaban J connectivity index is 0.000000428. The second-order valence-corrected chi connectivity index (χ2v) is 4.86. The van der Waals surface area contributed by atoms with E-state index in [1.807, 2.05) is 5.32 Å². The number of ketones is 1. The van der Waals surface area contributed by atoms with Gasteiger partial charge >= 0.3 is 12.2 Å². The maximum absolute atomic E-state index is 11.0. The van der Waals surface area contributed by atoms with E-state index in [2.05, 4.69) is 32.6 Å². The number of halogens is 1. The van der Waals surface area contributed by atoms with E-state index in [1.165, 1.54) is 0 Å². The number of ether oxygens (including phenoxy) is 1. The molecule has 0 atom stereocenters. The van der Waals surface area contributed by atoms with Crippen molar-refractivity contribution in [2.24, 2.45) is 0 Å². The Hall–Kier alpha value is -1.39. The zero-order valence-corrected chi connectivity index (χ0v) is 13.0. The highest BCUT2D eigenvalue weighted by atomic mass is 127. The van der Waals surface area contributed by atoms with Crippen molar-refractivity contribution in [3.05, 3.63) is 0 Å². The third-order valence-electron chi connectivity index (χ3n) is 2.11. The Labute approximate surface area is 129 Å². The summed E-state index contributed by atoms with van der Waals surface area (Å²) < 4.78 is 5.14. The molecule has 0 aromatic carbocycles. The van der Waals surface area contributed by atoms with E-state index in [1.54, 1.807) is 0 Å². The number of hydrogen-bond acceptors (Lipinski definition) is 5. The summed E-state index contributed by atoms with van der Waals surface area (Å²) in [6.07, 6.45) is 1.23. The van der Waals surface area contributed by atoms with Crippen LogP contribution in [0.3, 0.4) is 0 Å². The quantitative estimate of drug-likeness (QED) is 0.193. The summed E-state index contributed by atoms with van der Waals surface area (Å²) in [5.41, 5.74) is 0. The zero-order valence-electron chi connectivity index (χ0n) is 10.8. The lowest BCUT2D eigenvalue weighted by Crippen LogP contribution is -2.22. The Morgan fingerprint density at radius 2 is 1.95 bits per heavy atom. The van der Waals surface area contributed by atoms with Crippen molar-refractivity contribution < 1.29 is 29.0 Å². The lowest BCUT2D eigenvalue weighted by molar-refractivity contribution is -0.119. The third kappa shape index (κ3) is 11.7. The standard InChI is InChI=1S/C8H13IO4.C3H4N2O2/c9-5-4-7(10)3-1-2-6-13-8(11)12;6-2-1-4-3(7)5-2/h1-6H2,(H,11,12);1H2,(H2,4,5,6,7). The molecule has 1 aliphatic heterocycles. The molecule has 0 aromatic rings. The molecule has 0 saturated carbocycles. The lowest BCUT2D eigenvalue weighted by Gasteiger charge is -1.99. The SMILES string of the molecule is O=C(CCI)CCCCOC(=O)O.O=C1CNC(=O)N1. The van der Waals surface area contributed by atoms with Crippen LogP contribution in [-0.4, -0.2) is 46.6 Å². The predicted molar refractivity (Wildman–Crippen MR) is 77.9 cm³/mol. The first-order valence-electron chi connectivity index (χ1n) is 5.96. The van der Waals surface area contributed by atoms with Gasteiger partial charge in [-0.1, -0.05) is 22.6 Å². The molecule has 0 radical (unpaired) electrons. The van der Waals surface area contributed by atoms with E-state index in [0.29, 0.717) is 25.7 Å². The first-order chi connectivity index (χ1) is 9.45. The monoisotopic (exact) mass is 400 g/mol. The van der Waals surface area contributed by atoms with E-state index in [-0.39, 0.29) is 24.8 Å². The van der Waals surface area contributed by atoms with Gasteiger partial charge in [-0.25, -0.2) is 9.59 Å². The number of carbonyl (C=O) groups is 4. The number of unbranched alkanes of at least 4 members (excludes halogenated alkanes) is 1. The minimum atomic E-state index is -1.25. The fourth-order valence-corrected chi connectivity index (χ4v) is 1.79. The minimum Gasteiger partial charge on any atom is -0.450 e. The molecule has 0 bridgehead atoms. The van der Waals surface area contributed by atoms with Crippen LogP contribution in [0.5, 0.6) is 0 Å². The van der Waals surface area contributed by atoms with Crippen molar-refractivity contribution in [1.82, 2.24) is 10.6 Å². The topological polar surface area (TPSA) is 122 Å². The molecule has 114 valence electrons. The van der Waals surface area contributed by atoms with E-state index in [0.717, 1.165) is 4.43 Å². The molecule has 9 heteroatoms. The molecule has 3 amide bonds. The van der Waals surface area contributed by atoms with Crippen LogP contribution in [0.1, 0.15) is 25.7 Å². The Morgan fingerprint density at radius 3 is 2.35 bits per heavy atom. The van der Waals surface area contributed by atoms with Gasteiger partial charge in [0.25, 0.3) is 0 Å². The van der Waals surface area contributed by atoms with Crippen LogP contribution in [0.4, 0.5) is 9.59 Å².